The molecule has 0 radical (unpaired) electrons. The van der Waals surface area contributed by atoms with Gasteiger partial charge in [-0.2, -0.15) is 0 Å². The Morgan fingerprint density at radius 2 is 1.50 bits per heavy atom. The number of aliphatic hydroxyl groups is 1. The summed E-state index contributed by atoms with van der Waals surface area (Å²) in [6.07, 6.45) is 5.35. The van der Waals surface area contributed by atoms with Gasteiger partial charge in [-0.15, -0.1) is 0 Å². The lowest BCUT2D eigenvalue weighted by atomic mass is 9.70. The molecule has 1 unspecified atom stereocenters. The fraction of sp³-hybridized carbons (Fsp3) is 0.588. The second kappa shape index (κ2) is 15.2. The summed E-state index contributed by atoms with van der Waals surface area (Å²) in [5.74, 6) is 0.572. The van der Waals surface area contributed by atoms with Gasteiger partial charge in [-0.3, -0.25) is 9.59 Å². The van der Waals surface area contributed by atoms with Crippen LogP contribution in [0, 0.1) is 19.3 Å². The molecule has 0 aliphatic heterocycles. The molecule has 0 aliphatic carbocycles. The number of amides is 1. The SMILES string of the molecule is CCC(CC)(c1ccc(OCC(O)C(C)(C)C)c(C)c1)c1ccc(C(=O)NCCCCCCC(=O)OC)c(C)c1. The molecule has 6 nitrogen and oxygen atoms in total. The predicted molar refractivity (Wildman–Crippen MR) is 162 cm³/mol. The summed E-state index contributed by atoms with van der Waals surface area (Å²) in [4.78, 5) is 24.1. The van der Waals surface area contributed by atoms with Crippen molar-refractivity contribution in [3.05, 3.63) is 64.2 Å². The molecule has 2 aromatic rings. The van der Waals surface area contributed by atoms with Crippen LogP contribution in [0.1, 0.15) is 112 Å². The average Bonchev–Trinajstić information content (AvgIpc) is 2.92. The summed E-state index contributed by atoms with van der Waals surface area (Å²) in [5, 5.41) is 13.4. The number of ether oxygens (including phenoxy) is 2. The lowest BCUT2D eigenvalue weighted by Crippen LogP contribution is -2.32. The zero-order valence-corrected chi connectivity index (χ0v) is 26.0. The van der Waals surface area contributed by atoms with Crippen molar-refractivity contribution in [1.29, 1.82) is 0 Å². The highest BCUT2D eigenvalue weighted by molar-refractivity contribution is 5.95. The molecule has 0 saturated carbocycles. The van der Waals surface area contributed by atoms with Crippen molar-refractivity contribution in [1.82, 2.24) is 5.32 Å². The largest absolute Gasteiger partial charge is 0.491 e. The third-order valence-corrected chi connectivity index (χ3v) is 8.18. The van der Waals surface area contributed by atoms with Crippen LogP contribution in [0.15, 0.2) is 36.4 Å². The number of aryl methyl sites for hydroxylation is 2. The molecular weight excluding hydrogens is 502 g/mol. The summed E-state index contributed by atoms with van der Waals surface area (Å²) in [6.45, 7) is 15.4. The lowest BCUT2D eigenvalue weighted by Gasteiger charge is -2.34. The van der Waals surface area contributed by atoms with E-state index in [9.17, 15) is 14.7 Å². The van der Waals surface area contributed by atoms with E-state index in [-0.39, 0.29) is 29.3 Å². The second-order valence-electron chi connectivity index (χ2n) is 12.0. The molecule has 0 spiro atoms. The Kier molecular flexibility index (Phi) is 12.7. The number of unbranched alkanes of at least 4 members (excludes halogenated alkanes) is 3. The maximum Gasteiger partial charge on any atom is 0.305 e. The molecule has 6 heteroatoms. The summed E-state index contributed by atoms with van der Waals surface area (Å²) in [5.41, 5.74) is 4.72. The van der Waals surface area contributed by atoms with Crippen LogP contribution in [-0.4, -0.2) is 43.3 Å². The van der Waals surface area contributed by atoms with Gasteiger partial charge in [-0.05, 0) is 79.3 Å². The predicted octanol–water partition coefficient (Wildman–Crippen LogP) is 7.05. The van der Waals surface area contributed by atoms with Gasteiger partial charge in [0.15, 0.2) is 0 Å². The van der Waals surface area contributed by atoms with Crippen LogP contribution in [0.2, 0.25) is 0 Å². The average molecular weight is 554 g/mol. The number of nitrogens with one attached hydrogen (secondary N) is 1. The van der Waals surface area contributed by atoms with E-state index in [0.29, 0.717) is 18.5 Å². The maximum atomic E-state index is 12.9. The number of benzene rings is 2. The molecule has 0 heterocycles. The molecule has 1 amide bonds. The van der Waals surface area contributed by atoms with Crippen molar-refractivity contribution in [2.45, 2.75) is 105 Å². The normalized spacial score (nSPS) is 12.6. The van der Waals surface area contributed by atoms with Gasteiger partial charge in [0.25, 0.3) is 5.91 Å². The second-order valence-corrected chi connectivity index (χ2v) is 12.0. The number of methoxy groups -OCH3 is 1. The Morgan fingerprint density at radius 3 is 2.05 bits per heavy atom. The van der Waals surface area contributed by atoms with E-state index < -0.39 is 6.10 Å². The molecule has 0 saturated heterocycles. The molecule has 2 N–H and O–H groups in total. The topological polar surface area (TPSA) is 84.9 Å². The highest BCUT2D eigenvalue weighted by Crippen LogP contribution is 2.41. The minimum absolute atomic E-state index is 0.0491. The first kappa shape index (κ1) is 33.3. The summed E-state index contributed by atoms with van der Waals surface area (Å²) >= 11 is 0. The molecule has 0 aromatic heterocycles. The van der Waals surface area contributed by atoms with Crippen molar-refractivity contribution < 1.29 is 24.2 Å². The van der Waals surface area contributed by atoms with Gasteiger partial charge in [0, 0.05) is 23.9 Å². The van der Waals surface area contributed by atoms with Gasteiger partial charge in [-0.1, -0.05) is 71.7 Å². The number of carbonyl (C=O) groups excluding carboxylic acids is 2. The van der Waals surface area contributed by atoms with Crippen molar-refractivity contribution in [3.8, 4) is 5.75 Å². The van der Waals surface area contributed by atoms with Gasteiger partial charge in [0.2, 0.25) is 0 Å². The molecular formula is C34H51NO5. The number of rotatable bonds is 15. The summed E-state index contributed by atoms with van der Waals surface area (Å²) in [7, 11) is 1.41. The number of esters is 1. The molecule has 0 aliphatic rings. The summed E-state index contributed by atoms with van der Waals surface area (Å²) in [6, 6.07) is 12.6. The van der Waals surface area contributed by atoms with E-state index in [1.807, 2.05) is 39.8 Å². The van der Waals surface area contributed by atoms with Gasteiger partial charge >= 0.3 is 5.97 Å². The molecule has 0 fully saturated rings. The first-order valence-electron chi connectivity index (χ1n) is 14.8. The van der Waals surface area contributed by atoms with Crippen LogP contribution in [0.3, 0.4) is 0 Å². The minimum atomic E-state index is -0.548. The van der Waals surface area contributed by atoms with Crippen LogP contribution >= 0.6 is 0 Å². The third-order valence-electron chi connectivity index (χ3n) is 8.18. The van der Waals surface area contributed by atoms with Gasteiger partial charge < -0.3 is 19.9 Å². The smallest absolute Gasteiger partial charge is 0.305 e. The van der Waals surface area contributed by atoms with Crippen LogP contribution in [0.25, 0.3) is 0 Å². The van der Waals surface area contributed by atoms with E-state index in [2.05, 4.69) is 55.1 Å². The first-order chi connectivity index (χ1) is 18.9. The highest BCUT2D eigenvalue weighted by Gasteiger charge is 2.32. The minimum Gasteiger partial charge on any atom is -0.491 e. The van der Waals surface area contributed by atoms with Gasteiger partial charge in [-0.25, -0.2) is 0 Å². The monoisotopic (exact) mass is 553 g/mol. The highest BCUT2D eigenvalue weighted by atomic mass is 16.5. The molecule has 222 valence electrons. The number of hydrogen-bond acceptors (Lipinski definition) is 5. The zero-order valence-electron chi connectivity index (χ0n) is 26.0. The van der Waals surface area contributed by atoms with Crippen molar-refractivity contribution in [3.63, 3.8) is 0 Å². The molecule has 2 rings (SSSR count). The van der Waals surface area contributed by atoms with E-state index in [4.69, 9.17) is 4.74 Å². The van der Waals surface area contributed by atoms with Crippen molar-refractivity contribution >= 4 is 11.9 Å². The first-order valence-corrected chi connectivity index (χ1v) is 14.8. The van der Waals surface area contributed by atoms with E-state index in [0.717, 1.165) is 55.4 Å². The third kappa shape index (κ3) is 8.82. The Hall–Kier alpha value is -2.86. The summed E-state index contributed by atoms with van der Waals surface area (Å²) < 4.78 is 10.7. The van der Waals surface area contributed by atoms with Crippen LogP contribution in [0.5, 0.6) is 5.75 Å². The fourth-order valence-corrected chi connectivity index (χ4v) is 5.12. The Bertz CT molecular complexity index is 1110. The maximum absolute atomic E-state index is 12.9. The number of aliphatic hydroxyl groups excluding tert-OH is 1. The van der Waals surface area contributed by atoms with Crippen LogP contribution in [-0.2, 0) is 14.9 Å². The van der Waals surface area contributed by atoms with E-state index in [1.165, 1.54) is 18.2 Å². The van der Waals surface area contributed by atoms with E-state index in [1.54, 1.807) is 0 Å². The quantitative estimate of drug-likeness (QED) is 0.182. The molecule has 40 heavy (non-hydrogen) atoms. The Labute approximate surface area is 241 Å². The lowest BCUT2D eigenvalue weighted by molar-refractivity contribution is -0.140. The van der Waals surface area contributed by atoms with Crippen molar-refractivity contribution in [2.24, 2.45) is 5.41 Å². The Balaban J connectivity index is 2.10. The standard InChI is InChI=1S/C34H51NO5/c1-9-34(10-2,27-17-19-29(25(4)22-27)40-23-30(36)33(5,6)7)26-16-18-28(24(3)21-26)32(38)35-20-14-12-11-13-15-31(37)39-8/h16-19,21-22,30,36H,9-15,20,23H2,1-8H3,(H,35,38). The molecule has 1 atom stereocenters. The molecule has 0 bridgehead atoms. The number of hydrogen-bond donors (Lipinski definition) is 2. The number of carbonyl (C=O) groups is 2. The van der Waals surface area contributed by atoms with Gasteiger partial charge in [0.1, 0.15) is 12.4 Å². The van der Waals surface area contributed by atoms with E-state index >= 15 is 0 Å². The van der Waals surface area contributed by atoms with Crippen LogP contribution in [0.4, 0.5) is 0 Å². The zero-order chi connectivity index (χ0) is 29.9. The van der Waals surface area contributed by atoms with Crippen LogP contribution < -0.4 is 10.1 Å². The fourth-order valence-electron chi connectivity index (χ4n) is 5.12. The molecule has 2 aromatic carbocycles. The van der Waals surface area contributed by atoms with Gasteiger partial charge in [0.05, 0.1) is 13.2 Å². The van der Waals surface area contributed by atoms with Crippen molar-refractivity contribution in [2.75, 3.05) is 20.3 Å². The Morgan fingerprint density at radius 1 is 0.900 bits per heavy atom.